The van der Waals surface area contributed by atoms with E-state index in [9.17, 15) is 4.79 Å². The first-order valence-corrected chi connectivity index (χ1v) is 10.4. The fraction of sp³-hybridized carbons (Fsp3) is 0.381. The molecular weight excluding hydrogens is 370 g/mol. The van der Waals surface area contributed by atoms with Crippen molar-refractivity contribution in [3.8, 4) is 0 Å². The summed E-state index contributed by atoms with van der Waals surface area (Å²) in [6.07, 6.45) is 3.56. The van der Waals surface area contributed by atoms with Crippen molar-refractivity contribution in [2.45, 2.75) is 32.7 Å². The predicted molar refractivity (Wildman–Crippen MR) is 118 cm³/mol. The second-order valence-corrected chi connectivity index (χ2v) is 7.75. The van der Waals surface area contributed by atoms with Gasteiger partial charge in [-0.2, -0.15) is 0 Å². The second-order valence-electron chi connectivity index (χ2n) is 6.77. The smallest absolute Gasteiger partial charge is 0.280 e. The number of aliphatic imine (C=N–C) groups is 1. The zero-order valence-electron chi connectivity index (χ0n) is 16.7. The van der Waals surface area contributed by atoms with E-state index >= 15 is 0 Å². The van der Waals surface area contributed by atoms with Gasteiger partial charge in [0.15, 0.2) is 5.01 Å². The molecule has 0 fully saturated rings. The summed E-state index contributed by atoms with van der Waals surface area (Å²) < 4.78 is 0. The topological polar surface area (TPSA) is 69.6 Å². The average molecular weight is 398 g/mol. The molecule has 3 rings (SSSR count). The lowest BCUT2D eigenvalue weighted by Gasteiger charge is -2.26. The van der Waals surface area contributed by atoms with E-state index in [0.717, 1.165) is 30.8 Å². The normalized spacial score (nSPS) is 15.8. The van der Waals surface area contributed by atoms with Crippen LogP contribution < -0.4 is 15.5 Å². The molecule has 1 aromatic carbocycles. The van der Waals surface area contributed by atoms with Gasteiger partial charge in [-0.25, -0.2) is 9.98 Å². The number of hydrogen-bond donors (Lipinski definition) is 2. The molecule has 1 unspecified atom stereocenters. The summed E-state index contributed by atoms with van der Waals surface area (Å²) >= 11 is 1.30. The summed E-state index contributed by atoms with van der Waals surface area (Å²) in [7, 11) is 1.90. The highest BCUT2D eigenvalue weighted by atomic mass is 32.1. The van der Waals surface area contributed by atoms with Gasteiger partial charge in [0, 0.05) is 24.5 Å². The van der Waals surface area contributed by atoms with Crippen molar-refractivity contribution in [2.24, 2.45) is 4.99 Å². The van der Waals surface area contributed by atoms with Crippen molar-refractivity contribution in [3.63, 3.8) is 0 Å². The Labute approximate surface area is 170 Å². The first-order valence-electron chi connectivity index (χ1n) is 9.55. The van der Waals surface area contributed by atoms with Gasteiger partial charge >= 0.3 is 0 Å². The number of thiazole rings is 1. The summed E-state index contributed by atoms with van der Waals surface area (Å²) in [5.41, 5.74) is 3.91. The number of carbonyl (C=O) groups excluding carboxylic acids is 1. The van der Waals surface area contributed by atoms with Crippen molar-refractivity contribution in [3.05, 3.63) is 47.1 Å². The van der Waals surface area contributed by atoms with Gasteiger partial charge < -0.3 is 15.5 Å². The van der Waals surface area contributed by atoms with Crippen LogP contribution in [-0.2, 0) is 6.42 Å². The summed E-state index contributed by atoms with van der Waals surface area (Å²) in [5, 5.41) is 7.12. The highest BCUT2D eigenvalue weighted by molar-refractivity contribution is 7.17. The minimum Gasteiger partial charge on any atom is -0.350 e. The Morgan fingerprint density at radius 1 is 1.43 bits per heavy atom. The molecule has 0 bridgehead atoms. The third-order valence-electron chi connectivity index (χ3n) is 4.71. The van der Waals surface area contributed by atoms with Crippen LogP contribution >= 0.6 is 11.3 Å². The van der Waals surface area contributed by atoms with Crippen LogP contribution in [0.15, 0.2) is 35.8 Å². The molecule has 2 aromatic rings. The first-order chi connectivity index (χ1) is 13.6. The molecule has 0 saturated heterocycles. The lowest BCUT2D eigenvalue weighted by molar-refractivity contribution is 0.0953. The largest absolute Gasteiger partial charge is 0.350 e. The first kappa shape index (κ1) is 20.2. The Morgan fingerprint density at radius 3 is 2.96 bits per heavy atom. The molecule has 1 amide bonds. The number of rotatable bonds is 8. The van der Waals surface area contributed by atoms with Gasteiger partial charge in [-0.3, -0.25) is 4.79 Å². The number of para-hydroxylation sites is 1. The van der Waals surface area contributed by atoms with Crippen molar-refractivity contribution >= 4 is 39.8 Å². The minimum absolute atomic E-state index is 0.164. The van der Waals surface area contributed by atoms with Gasteiger partial charge in [0.2, 0.25) is 0 Å². The van der Waals surface area contributed by atoms with E-state index in [0.29, 0.717) is 22.2 Å². The third-order valence-corrected chi connectivity index (χ3v) is 5.67. The van der Waals surface area contributed by atoms with Crippen LogP contribution in [0.25, 0.3) is 5.70 Å². The minimum atomic E-state index is -0.164. The van der Waals surface area contributed by atoms with E-state index in [4.69, 9.17) is 0 Å². The Hall–Kier alpha value is -2.51. The summed E-state index contributed by atoms with van der Waals surface area (Å²) in [6, 6.07) is 8.63. The number of nitrogens with zero attached hydrogens (tertiary/aromatic N) is 3. The van der Waals surface area contributed by atoms with E-state index in [2.05, 4.69) is 57.2 Å². The van der Waals surface area contributed by atoms with E-state index in [-0.39, 0.29) is 11.9 Å². The standard InChI is InChI=1S/C21H27N5OS/c1-5-23-20-18(25-21(28-20)19(27)24-12-8-11-22-4)15(3)26-14(2)13-16-9-6-7-10-17(16)26/h5-7,9-10,14,22H,3,8,11-13H2,1-2,4H3,(H,24,27)/b23-5-. The van der Waals surface area contributed by atoms with Crippen molar-refractivity contribution in [1.29, 1.82) is 0 Å². The summed E-state index contributed by atoms with van der Waals surface area (Å²) in [5.74, 6) is -0.164. The Morgan fingerprint density at radius 2 is 2.21 bits per heavy atom. The van der Waals surface area contributed by atoms with E-state index in [1.807, 2.05) is 20.0 Å². The summed E-state index contributed by atoms with van der Waals surface area (Å²) in [4.78, 5) is 23.8. The van der Waals surface area contributed by atoms with Crippen molar-refractivity contribution < 1.29 is 4.79 Å². The molecule has 28 heavy (non-hydrogen) atoms. The van der Waals surface area contributed by atoms with Gasteiger partial charge in [0.1, 0.15) is 10.7 Å². The number of hydrogen-bond acceptors (Lipinski definition) is 6. The van der Waals surface area contributed by atoms with Crippen LogP contribution in [0.5, 0.6) is 0 Å². The monoisotopic (exact) mass is 397 g/mol. The van der Waals surface area contributed by atoms with Crippen LogP contribution in [0.4, 0.5) is 10.7 Å². The third kappa shape index (κ3) is 4.15. The highest BCUT2D eigenvalue weighted by Crippen LogP contribution is 2.41. The zero-order chi connectivity index (χ0) is 20.1. The second kappa shape index (κ2) is 9.12. The molecule has 148 valence electrons. The molecule has 0 radical (unpaired) electrons. The number of carbonyl (C=O) groups is 1. The molecule has 7 heteroatoms. The van der Waals surface area contributed by atoms with Crippen LogP contribution in [0.3, 0.4) is 0 Å². The number of aromatic nitrogens is 1. The fourth-order valence-corrected chi connectivity index (χ4v) is 4.34. The average Bonchev–Trinajstić information content (AvgIpc) is 3.25. The van der Waals surface area contributed by atoms with Crippen LogP contribution in [0.1, 0.15) is 41.3 Å². The Kier molecular flexibility index (Phi) is 6.59. The van der Waals surface area contributed by atoms with E-state index < -0.39 is 0 Å². The summed E-state index contributed by atoms with van der Waals surface area (Å²) in [6.45, 7) is 9.82. The molecule has 1 aliphatic rings. The Balaban J connectivity index is 1.86. The number of fused-ring (bicyclic) bond motifs is 1. The lowest BCUT2D eigenvalue weighted by atomic mass is 10.1. The van der Waals surface area contributed by atoms with Gasteiger partial charge in [-0.15, -0.1) is 0 Å². The van der Waals surface area contributed by atoms with E-state index in [1.54, 1.807) is 6.21 Å². The van der Waals surface area contributed by atoms with Crippen molar-refractivity contribution in [1.82, 2.24) is 15.6 Å². The predicted octanol–water partition coefficient (Wildman–Crippen LogP) is 3.63. The quantitative estimate of drug-likeness (QED) is 0.527. The molecule has 1 aromatic heterocycles. The molecule has 0 aliphatic carbocycles. The maximum absolute atomic E-state index is 12.5. The maximum Gasteiger partial charge on any atom is 0.280 e. The molecular formula is C21H27N5OS. The molecule has 0 saturated carbocycles. The van der Waals surface area contributed by atoms with Gasteiger partial charge in [0.25, 0.3) is 5.91 Å². The molecule has 0 spiro atoms. The van der Waals surface area contributed by atoms with Crippen LogP contribution in [0.2, 0.25) is 0 Å². The number of anilines is 1. The van der Waals surface area contributed by atoms with Gasteiger partial charge in [0.05, 0.1) is 5.70 Å². The highest BCUT2D eigenvalue weighted by Gasteiger charge is 2.30. The lowest BCUT2D eigenvalue weighted by Crippen LogP contribution is -2.28. The fourth-order valence-electron chi connectivity index (χ4n) is 3.44. The maximum atomic E-state index is 12.5. The molecule has 1 aliphatic heterocycles. The van der Waals surface area contributed by atoms with Crippen LogP contribution in [0, 0.1) is 0 Å². The molecule has 2 heterocycles. The zero-order valence-corrected chi connectivity index (χ0v) is 17.5. The van der Waals surface area contributed by atoms with Gasteiger partial charge in [-0.05, 0) is 51.9 Å². The SMILES string of the molecule is C=C(c1nc(C(=O)NCCCNC)sc1/N=C\C)N1c2ccccc2CC1C. The molecule has 1 atom stereocenters. The Bertz CT molecular complexity index is 889. The van der Waals surface area contributed by atoms with Gasteiger partial charge in [-0.1, -0.05) is 36.1 Å². The molecule has 2 N–H and O–H groups in total. The number of amides is 1. The van der Waals surface area contributed by atoms with E-state index in [1.165, 1.54) is 16.9 Å². The molecule has 6 nitrogen and oxygen atoms in total. The van der Waals surface area contributed by atoms with Crippen molar-refractivity contribution in [2.75, 3.05) is 25.0 Å². The number of nitrogens with one attached hydrogen (secondary N) is 2. The number of benzene rings is 1. The van der Waals surface area contributed by atoms with Crippen LogP contribution in [-0.4, -0.2) is 43.3 Å².